The summed E-state index contributed by atoms with van der Waals surface area (Å²) >= 11 is 1.79. The normalized spacial score (nSPS) is 13.7. The molecule has 2 heteroatoms. The van der Waals surface area contributed by atoms with Gasteiger partial charge in [0.05, 0.1) is 0 Å². The third kappa shape index (κ3) is 1.73. The van der Waals surface area contributed by atoms with Crippen molar-refractivity contribution >= 4 is 21.4 Å². The highest BCUT2D eigenvalue weighted by Crippen LogP contribution is 2.45. The molecule has 0 spiro atoms. The Balaban J connectivity index is 2.90. The highest BCUT2D eigenvalue weighted by atomic mass is 32.3. The average molecular weight is 160 g/mol. The molecule has 1 rings (SSSR count). The van der Waals surface area contributed by atoms with Crippen molar-refractivity contribution in [1.82, 2.24) is 0 Å². The minimum absolute atomic E-state index is 0.449. The molecule has 9 heavy (non-hydrogen) atoms. The summed E-state index contributed by atoms with van der Waals surface area (Å²) in [6, 6.07) is 2.22. The van der Waals surface area contributed by atoms with E-state index in [1.54, 1.807) is 11.3 Å². The Bertz CT molecular complexity index is 169. The Morgan fingerprint density at radius 2 is 2.00 bits per heavy atom. The van der Waals surface area contributed by atoms with Gasteiger partial charge in [0.2, 0.25) is 0 Å². The summed E-state index contributed by atoms with van der Waals surface area (Å²) in [5.74, 6) is 0. The van der Waals surface area contributed by atoms with Gasteiger partial charge >= 0.3 is 0 Å². The number of thiophene rings is 1. The zero-order valence-corrected chi connectivity index (χ0v) is 7.68. The van der Waals surface area contributed by atoms with Crippen molar-refractivity contribution in [3.63, 3.8) is 0 Å². The van der Waals surface area contributed by atoms with Crippen LogP contribution in [0.4, 0.5) is 0 Å². The highest BCUT2D eigenvalue weighted by molar-refractivity contribution is 8.32. The zero-order valence-electron chi connectivity index (χ0n) is 6.05. The van der Waals surface area contributed by atoms with Crippen LogP contribution in [0.3, 0.4) is 0 Å². The molecule has 0 unspecified atom stereocenters. The lowest BCUT2D eigenvalue weighted by Crippen LogP contribution is -1.88. The molecule has 0 saturated carbocycles. The Kier molecular flexibility index (Phi) is 1.87. The fourth-order valence-electron chi connectivity index (χ4n) is 0.600. The predicted molar refractivity (Wildman–Crippen MR) is 47.9 cm³/mol. The largest absolute Gasteiger partial charge is 0.223 e. The van der Waals surface area contributed by atoms with Crippen LogP contribution in [0, 0.1) is 0 Å². The average Bonchev–Trinajstić information content (AvgIpc) is 2.08. The van der Waals surface area contributed by atoms with E-state index < -0.39 is 10.0 Å². The molecular weight excluding hydrogens is 148 g/mol. The molecule has 0 atom stereocenters. The van der Waals surface area contributed by atoms with Crippen LogP contribution in [0.2, 0.25) is 0 Å². The maximum atomic E-state index is 2.31. The summed E-state index contributed by atoms with van der Waals surface area (Å²) < 4.78 is 0. The molecular formula is C7H12S2. The van der Waals surface area contributed by atoms with Crippen LogP contribution >= 0.6 is 21.4 Å². The van der Waals surface area contributed by atoms with Crippen LogP contribution in [0.1, 0.15) is 0 Å². The molecule has 52 valence electrons. The Labute approximate surface area is 62.2 Å². The quantitative estimate of drug-likeness (QED) is 0.592. The van der Waals surface area contributed by atoms with Gasteiger partial charge in [-0.2, -0.15) is 11.3 Å². The summed E-state index contributed by atoms with van der Waals surface area (Å²) in [6.07, 6.45) is 6.94. The Morgan fingerprint density at radius 3 is 2.22 bits per heavy atom. The molecule has 0 aliphatic carbocycles. The van der Waals surface area contributed by atoms with Crippen molar-refractivity contribution < 1.29 is 0 Å². The highest BCUT2D eigenvalue weighted by Gasteiger charge is 2.06. The molecule has 0 amide bonds. The monoisotopic (exact) mass is 160 g/mol. The lowest BCUT2D eigenvalue weighted by atomic mass is 10.7. The molecule has 0 aliphatic rings. The van der Waals surface area contributed by atoms with Crippen molar-refractivity contribution in [2.24, 2.45) is 0 Å². The SMILES string of the molecule is CS(C)(C)c1ccsc1. The molecule has 0 bridgehead atoms. The molecule has 0 aromatic carbocycles. The van der Waals surface area contributed by atoms with Gasteiger partial charge in [-0.1, -0.05) is 0 Å². The van der Waals surface area contributed by atoms with Gasteiger partial charge in [-0.05, 0) is 30.2 Å². The standard InChI is InChI=1S/C7H12S2/c1-9(2,3)7-4-5-8-6-7/h4-6H,1-3H3. The molecule has 0 saturated heterocycles. The van der Waals surface area contributed by atoms with Crippen molar-refractivity contribution in [2.75, 3.05) is 18.8 Å². The van der Waals surface area contributed by atoms with E-state index in [1.807, 2.05) is 0 Å². The first-order chi connectivity index (χ1) is 4.11. The minimum Gasteiger partial charge on any atom is -0.223 e. The van der Waals surface area contributed by atoms with Crippen LogP contribution in [0.15, 0.2) is 21.7 Å². The summed E-state index contributed by atoms with van der Waals surface area (Å²) in [6.45, 7) is 0. The van der Waals surface area contributed by atoms with Gasteiger partial charge < -0.3 is 0 Å². The molecule has 1 aromatic rings. The van der Waals surface area contributed by atoms with Crippen LogP contribution in [-0.2, 0) is 0 Å². The van der Waals surface area contributed by atoms with E-state index in [-0.39, 0.29) is 0 Å². The van der Waals surface area contributed by atoms with Gasteiger partial charge in [-0.15, -0.1) is 0 Å². The lowest BCUT2D eigenvalue weighted by Gasteiger charge is -2.23. The van der Waals surface area contributed by atoms with Gasteiger partial charge in [0, 0.05) is 10.3 Å². The van der Waals surface area contributed by atoms with Gasteiger partial charge in [0.25, 0.3) is 0 Å². The van der Waals surface area contributed by atoms with E-state index in [4.69, 9.17) is 0 Å². The second-order valence-electron chi connectivity index (χ2n) is 2.80. The first-order valence-electron chi connectivity index (χ1n) is 2.81. The zero-order chi connectivity index (χ0) is 6.91. The molecule has 0 aliphatic heterocycles. The summed E-state index contributed by atoms with van der Waals surface area (Å²) in [7, 11) is -0.449. The molecule has 0 radical (unpaired) electrons. The molecule has 1 heterocycles. The van der Waals surface area contributed by atoms with E-state index in [9.17, 15) is 0 Å². The number of hydrogen-bond donors (Lipinski definition) is 0. The van der Waals surface area contributed by atoms with Gasteiger partial charge in [-0.25, -0.2) is 10.0 Å². The van der Waals surface area contributed by atoms with E-state index in [1.165, 1.54) is 4.90 Å². The Morgan fingerprint density at radius 1 is 1.33 bits per heavy atom. The molecule has 1 aromatic heterocycles. The number of rotatable bonds is 1. The first kappa shape index (κ1) is 7.16. The lowest BCUT2D eigenvalue weighted by molar-refractivity contribution is 1.55. The third-order valence-corrected chi connectivity index (χ3v) is 3.70. The van der Waals surface area contributed by atoms with E-state index in [0.717, 1.165) is 0 Å². The van der Waals surface area contributed by atoms with Crippen LogP contribution in [0.25, 0.3) is 0 Å². The predicted octanol–water partition coefficient (Wildman–Crippen LogP) is 2.80. The van der Waals surface area contributed by atoms with Gasteiger partial charge in [-0.3, -0.25) is 0 Å². The topological polar surface area (TPSA) is 0 Å². The van der Waals surface area contributed by atoms with Crippen molar-refractivity contribution in [3.05, 3.63) is 16.8 Å². The molecule has 0 fully saturated rings. The van der Waals surface area contributed by atoms with Crippen molar-refractivity contribution in [3.8, 4) is 0 Å². The van der Waals surface area contributed by atoms with E-state index in [0.29, 0.717) is 0 Å². The second kappa shape index (κ2) is 2.35. The van der Waals surface area contributed by atoms with Gasteiger partial charge in [0.1, 0.15) is 0 Å². The summed E-state index contributed by atoms with van der Waals surface area (Å²) in [4.78, 5) is 1.52. The van der Waals surface area contributed by atoms with Crippen molar-refractivity contribution in [1.29, 1.82) is 0 Å². The molecule has 0 nitrogen and oxygen atoms in total. The van der Waals surface area contributed by atoms with Gasteiger partial charge in [0.15, 0.2) is 0 Å². The smallest absolute Gasteiger partial charge is 0.00278 e. The third-order valence-electron chi connectivity index (χ3n) is 1.20. The van der Waals surface area contributed by atoms with Crippen LogP contribution in [-0.4, -0.2) is 18.8 Å². The minimum atomic E-state index is -0.449. The maximum absolute atomic E-state index is 2.31. The van der Waals surface area contributed by atoms with E-state index in [2.05, 4.69) is 35.6 Å². The second-order valence-corrected chi connectivity index (χ2v) is 7.72. The molecule has 0 N–H and O–H groups in total. The van der Waals surface area contributed by atoms with Crippen LogP contribution in [0.5, 0.6) is 0 Å². The first-order valence-corrected chi connectivity index (χ1v) is 6.61. The maximum Gasteiger partial charge on any atom is 0.00278 e. The van der Waals surface area contributed by atoms with Crippen molar-refractivity contribution in [2.45, 2.75) is 4.90 Å². The van der Waals surface area contributed by atoms with Crippen LogP contribution < -0.4 is 0 Å². The fraction of sp³-hybridized carbons (Fsp3) is 0.429. The number of hydrogen-bond acceptors (Lipinski definition) is 1. The summed E-state index contributed by atoms with van der Waals surface area (Å²) in [5.41, 5.74) is 0. The Hall–Kier alpha value is 0.0500. The fourth-order valence-corrected chi connectivity index (χ4v) is 3.00. The summed E-state index contributed by atoms with van der Waals surface area (Å²) in [5, 5.41) is 4.39. The van der Waals surface area contributed by atoms with E-state index >= 15 is 0 Å².